The maximum absolute atomic E-state index is 12.2. The van der Waals surface area contributed by atoms with E-state index in [4.69, 9.17) is 5.73 Å². The largest absolute Gasteiger partial charge is 0.366 e. The molecule has 160 valence electrons. The van der Waals surface area contributed by atoms with E-state index in [1.165, 1.54) is 0 Å². The highest BCUT2D eigenvalue weighted by Gasteiger charge is 2.27. The Morgan fingerprint density at radius 1 is 1.23 bits per heavy atom. The van der Waals surface area contributed by atoms with Crippen molar-refractivity contribution in [2.24, 2.45) is 12.8 Å². The highest BCUT2D eigenvalue weighted by Crippen LogP contribution is 2.38. The van der Waals surface area contributed by atoms with Gasteiger partial charge in [0.2, 0.25) is 0 Å². The van der Waals surface area contributed by atoms with Gasteiger partial charge in [-0.1, -0.05) is 0 Å². The molecule has 0 radical (unpaired) electrons. The molecule has 3 aromatic heterocycles. The Labute approximate surface area is 183 Å². The third-order valence-electron chi connectivity index (χ3n) is 6.06. The predicted molar refractivity (Wildman–Crippen MR) is 123 cm³/mol. The second-order valence-electron chi connectivity index (χ2n) is 8.04. The first-order chi connectivity index (χ1) is 14.8. The average molecular weight is 455 g/mol. The maximum Gasteiger partial charge on any atom is 0.250 e. The number of primary amides is 1. The second kappa shape index (κ2) is 7.35. The van der Waals surface area contributed by atoms with Crippen LogP contribution in [-0.4, -0.2) is 40.4 Å². The lowest BCUT2D eigenvalue weighted by atomic mass is 9.91. The van der Waals surface area contributed by atoms with Crippen molar-refractivity contribution in [3.63, 3.8) is 0 Å². The van der Waals surface area contributed by atoms with Gasteiger partial charge in [-0.3, -0.25) is 4.79 Å². The minimum atomic E-state index is -2.95. The van der Waals surface area contributed by atoms with Crippen molar-refractivity contribution < 1.29 is 13.2 Å². The van der Waals surface area contributed by atoms with Crippen molar-refractivity contribution in [2.75, 3.05) is 11.5 Å². The number of benzene rings is 1. The molecule has 0 unspecified atom stereocenters. The highest BCUT2D eigenvalue weighted by atomic mass is 32.2. The summed E-state index contributed by atoms with van der Waals surface area (Å²) in [5.74, 6) is 0.928. The molecule has 3 N–H and O–H groups in total. The predicted octanol–water partition coefficient (Wildman–Crippen LogP) is 3.69. The van der Waals surface area contributed by atoms with Gasteiger partial charge in [0.05, 0.1) is 27.5 Å². The molecule has 0 saturated carbocycles. The van der Waals surface area contributed by atoms with Crippen LogP contribution in [-0.2, 0) is 16.9 Å². The number of H-pyrrole nitrogens is 1. The van der Waals surface area contributed by atoms with Crippen LogP contribution in [0.25, 0.3) is 32.7 Å². The zero-order valence-electron chi connectivity index (χ0n) is 17.0. The number of carbonyl (C=O) groups excluding carboxylic acids is 1. The Kier molecular flexibility index (Phi) is 4.75. The summed E-state index contributed by atoms with van der Waals surface area (Å²) in [6.07, 6.45) is 6.75. The van der Waals surface area contributed by atoms with Crippen LogP contribution in [0.15, 0.2) is 42.2 Å². The molecule has 7 nitrogen and oxygen atoms in total. The number of aromatic nitrogens is 3. The molecule has 9 heteroatoms. The van der Waals surface area contributed by atoms with Crippen LogP contribution in [0, 0.1) is 0 Å². The minimum absolute atomic E-state index is 0.138. The molecule has 1 saturated heterocycles. The Balaban J connectivity index is 1.60. The number of hydrogen-bond acceptors (Lipinski definition) is 5. The van der Waals surface area contributed by atoms with Gasteiger partial charge in [-0.2, -0.15) is 0 Å². The summed E-state index contributed by atoms with van der Waals surface area (Å²) >= 11 is 1.60. The first-order valence-electron chi connectivity index (χ1n) is 10.0. The molecule has 31 heavy (non-hydrogen) atoms. The number of sulfone groups is 1. The zero-order valence-corrected chi connectivity index (χ0v) is 18.6. The lowest BCUT2D eigenvalue weighted by molar-refractivity contribution is 0.100. The molecule has 1 fully saturated rings. The van der Waals surface area contributed by atoms with Gasteiger partial charge in [0.15, 0.2) is 0 Å². The van der Waals surface area contributed by atoms with E-state index < -0.39 is 15.7 Å². The number of hydrogen-bond donors (Lipinski definition) is 2. The standard InChI is InChI=1S/C22H22N4O3S2/c1-26-5-4-24-22(26)19-10-15(12-30-19)14-8-16-18(13-2-6-31(28,29)7-3-13)11-25-20(16)17(9-14)21(23)27/h4-5,8-13,25H,2-3,6-7H2,1H3,(H2,23,27). The molecule has 1 aliphatic heterocycles. The Hall–Kier alpha value is -2.91. The fraction of sp³-hybridized carbons (Fsp3) is 0.273. The Bertz CT molecular complexity index is 1400. The first-order valence-corrected chi connectivity index (χ1v) is 12.7. The van der Waals surface area contributed by atoms with Crippen molar-refractivity contribution in [2.45, 2.75) is 18.8 Å². The summed E-state index contributed by atoms with van der Waals surface area (Å²) < 4.78 is 25.7. The van der Waals surface area contributed by atoms with E-state index in [-0.39, 0.29) is 17.4 Å². The average Bonchev–Trinajstić information content (AvgIpc) is 3.46. The molecule has 1 amide bonds. The molecule has 0 spiro atoms. The molecule has 0 aliphatic carbocycles. The van der Waals surface area contributed by atoms with Gasteiger partial charge >= 0.3 is 0 Å². The normalized spacial score (nSPS) is 16.7. The molecule has 4 heterocycles. The number of nitrogens with zero attached hydrogens (tertiary/aromatic N) is 2. The number of thiophene rings is 1. The van der Waals surface area contributed by atoms with Gasteiger partial charge in [0, 0.05) is 31.0 Å². The highest BCUT2D eigenvalue weighted by molar-refractivity contribution is 7.91. The minimum Gasteiger partial charge on any atom is -0.366 e. The number of imidazole rings is 1. The summed E-state index contributed by atoms with van der Waals surface area (Å²) in [4.78, 5) is 20.9. The lowest BCUT2D eigenvalue weighted by Crippen LogP contribution is -2.22. The van der Waals surface area contributed by atoms with Gasteiger partial charge in [-0.25, -0.2) is 13.4 Å². The van der Waals surface area contributed by atoms with Crippen LogP contribution in [0.5, 0.6) is 0 Å². The summed E-state index contributed by atoms with van der Waals surface area (Å²) in [5, 5.41) is 2.98. The Morgan fingerprint density at radius 3 is 2.68 bits per heavy atom. The molecule has 0 atom stereocenters. The van der Waals surface area contributed by atoms with Gasteiger partial charge in [-0.05, 0) is 59.0 Å². The van der Waals surface area contributed by atoms with Crippen LogP contribution in [0.4, 0.5) is 0 Å². The van der Waals surface area contributed by atoms with E-state index in [1.54, 1.807) is 17.5 Å². The summed E-state index contributed by atoms with van der Waals surface area (Å²) in [6, 6.07) is 5.96. The van der Waals surface area contributed by atoms with Crippen molar-refractivity contribution >= 4 is 38.0 Å². The number of nitrogens with one attached hydrogen (secondary N) is 1. The van der Waals surface area contributed by atoms with Crippen LogP contribution < -0.4 is 5.73 Å². The van der Waals surface area contributed by atoms with Crippen LogP contribution in [0.1, 0.15) is 34.7 Å². The summed E-state index contributed by atoms with van der Waals surface area (Å²) in [7, 11) is -0.992. The number of amides is 1. The SMILES string of the molecule is Cn1ccnc1-c1cc(-c2cc(C(N)=O)c3[nH]cc(C4CCS(=O)(=O)CC4)c3c2)cs1. The van der Waals surface area contributed by atoms with Crippen LogP contribution >= 0.6 is 11.3 Å². The molecule has 5 rings (SSSR count). The van der Waals surface area contributed by atoms with E-state index in [2.05, 4.69) is 27.5 Å². The number of rotatable bonds is 4. The summed E-state index contributed by atoms with van der Waals surface area (Å²) in [5.41, 5.74) is 9.79. The first kappa shape index (κ1) is 20.0. The topological polar surface area (TPSA) is 111 Å². The number of aryl methyl sites for hydroxylation is 1. The van der Waals surface area contributed by atoms with E-state index in [1.807, 2.05) is 30.1 Å². The third kappa shape index (κ3) is 3.57. The lowest BCUT2D eigenvalue weighted by Gasteiger charge is -2.21. The van der Waals surface area contributed by atoms with Crippen molar-refractivity contribution in [1.29, 1.82) is 0 Å². The second-order valence-corrected chi connectivity index (χ2v) is 11.3. The Morgan fingerprint density at radius 2 is 2.00 bits per heavy atom. The van der Waals surface area contributed by atoms with Gasteiger partial charge in [0.25, 0.3) is 5.91 Å². The quantitative estimate of drug-likeness (QED) is 0.490. The monoisotopic (exact) mass is 454 g/mol. The van der Waals surface area contributed by atoms with Gasteiger partial charge < -0.3 is 15.3 Å². The molecule has 0 bridgehead atoms. The van der Waals surface area contributed by atoms with Gasteiger partial charge in [0.1, 0.15) is 15.7 Å². The number of carbonyl (C=O) groups is 1. The molecule has 4 aromatic rings. The van der Waals surface area contributed by atoms with E-state index in [0.29, 0.717) is 23.9 Å². The summed E-state index contributed by atoms with van der Waals surface area (Å²) in [6.45, 7) is 0. The number of aromatic amines is 1. The smallest absolute Gasteiger partial charge is 0.250 e. The molecular weight excluding hydrogens is 432 g/mol. The van der Waals surface area contributed by atoms with E-state index in [9.17, 15) is 13.2 Å². The third-order valence-corrected chi connectivity index (χ3v) is 8.70. The fourth-order valence-corrected chi connectivity index (χ4v) is 6.81. The molecule has 1 aliphatic rings. The van der Waals surface area contributed by atoms with Crippen molar-refractivity contribution in [3.8, 4) is 21.8 Å². The van der Waals surface area contributed by atoms with E-state index >= 15 is 0 Å². The van der Waals surface area contributed by atoms with Crippen molar-refractivity contribution in [1.82, 2.24) is 14.5 Å². The van der Waals surface area contributed by atoms with Crippen molar-refractivity contribution in [3.05, 3.63) is 53.3 Å². The van der Waals surface area contributed by atoms with Gasteiger partial charge in [-0.15, -0.1) is 11.3 Å². The number of fused-ring (bicyclic) bond motifs is 1. The maximum atomic E-state index is 12.2. The molecule has 1 aromatic carbocycles. The van der Waals surface area contributed by atoms with Crippen LogP contribution in [0.3, 0.4) is 0 Å². The fourth-order valence-electron chi connectivity index (χ4n) is 4.36. The van der Waals surface area contributed by atoms with Crippen LogP contribution in [0.2, 0.25) is 0 Å². The molecular formula is C22H22N4O3S2. The number of nitrogens with two attached hydrogens (primary N) is 1. The van der Waals surface area contributed by atoms with E-state index in [0.717, 1.165) is 32.8 Å². The zero-order chi connectivity index (χ0) is 21.8.